The molecule has 1 amide bonds. The molecule has 6 nitrogen and oxygen atoms in total. The van der Waals surface area contributed by atoms with Gasteiger partial charge in [0, 0.05) is 13.6 Å². The van der Waals surface area contributed by atoms with Gasteiger partial charge in [0.1, 0.15) is 6.54 Å². The largest absolute Gasteiger partial charge is 0.358 e. The zero-order chi connectivity index (χ0) is 12.4. The number of hydrogen-bond acceptors (Lipinski definition) is 4. The summed E-state index contributed by atoms with van der Waals surface area (Å²) in [5.41, 5.74) is 0. The van der Waals surface area contributed by atoms with Gasteiger partial charge in [0.15, 0.2) is 0 Å². The number of nitrogens with zero attached hydrogens (tertiary/aromatic N) is 3. The lowest BCUT2D eigenvalue weighted by molar-refractivity contribution is -0.119. The molecule has 0 saturated heterocycles. The average Bonchev–Trinajstić information content (AvgIpc) is 2.23. The van der Waals surface area contributed by atoms with Crippen molar-refractivity contribution in [1.82, 2.24) is 15.5 Å². The third-order valence-corrected chi connectivity index (χ3v) is 1.77. The number of carbonyl (C=O) groups is 1. The standard InChI is InChI=1S/C10H21N5O/c1-9(13-5-6-15(3)4)14-8-12-7-10(16)11-2/h8H,5-7H2,1-4H3,(H,11,16)(H,12,13,14). The number of amidine groups is 1. The zero-order valence-electron chi connectivity index (χ0n) is 10.4. The SMILES string of the molecule is CNC(=O)CN=CNC(C)=NCCN(C)C. The molecule has 0 spiro atoms. The van der Waals surface area contributed by atoms with E-state index in [2.05, 4.69) is 25.5 Å². The van der Waals surface area contributed by atoms with Crippen LogP contribution in [-0.4, -0.2) is 63.8 Å². The normalized spacial score (nSPS) is 12.2. The molecule has 0 radical (unpaired) electrons. The minimum atomic E-state index is -0.111. The lowest BCUT2D eigenvalue weighted by atomic mass is 10.5. The van der Waals surface area contributed by atoms with Gasteiger partial charge in [0.25, 0.3) is 0 Å². The van der Waals surface area contributed by atoms with Crippen molar-refractivity contribution >= 4 is 18.1 Å². The summed E-state index contributed by atoms with van der Waals surface area (Å²) in [7, 11) is 5.59. The second kappa shape index (κ2) is 8.84. The molecule has 0 saturated carbocycles. The van der Waals surface area contributed by atoms with Gasteiger partial charge in [-0.15, -0.1) is 0 Å². The molecule has 0 rings (SSSR count). The Bertz CT molecular complexity index is 260. The summed E-state index contributed by atoms with van der Waals surface area (Å²) in [5.74, 6) is 0.683. The van der Waals surface area contributed by atoms with Crippen molar-refractivity contribution in [3.63, 3.8) is 0 Å². The zero-order valence-corrected chi connectivity index (χ0v) is 10.4. The van der Waals surface area contributed by atoms with E-state index < -0.39 is 0 Å². The van der Waals surface area contributed by atoms with E-state index in [1.54, 1.807) is 7.05 Å². The smallest absolute Gasteiger partial charge is 0.241 e. The third kappa shape index (κ3) is 9.14. The maximum absolute atomic E-state index is 10.8. The monoisotopic (exact) mass is 227 g/mol. The van der Waals surface area contributed by atoms with E-state index in [0.29, 0.717) is 0 Å². The van der Waals surface area contributed by atoms with E-state index in [4.69, 9.17) is 0 Å². The first-order valence-corrected chi connectivity index (χ1v) is 5.17. The van der Waals surface area contributed by atoms with Crippen LogP contribution < -0.4 is 10.6 Å². The topological polar surface area (TPSA) is 69.1 Å². The van der Waals surface area contributed by atoms with Crippen LogP contribution in [0.5, 0.6) is 0 Å². The van der Waals surface area contributed by atoms with Crippen molar-refractivity contribution in [3.05, 3.63) is 0 Å². The molecule has 0 aliphatic carbocycles. The molecular formula is C10H21N5O. The molecule has 0 aliphatic rings. The molecule has 0 unspecified atom stereocenters. The number of amides is 1. The summed E-state index contributed by atoms with van der Waals surface area (Å²) in [6, 6.07) is 0. The lowest BCUT2D eigenvalue weighted by Crippen LogP contribution is -2.24. The molecule has 0 bridgehead atoms. The number of rotatable bonds is 6. The maximum Gasteiger partial charge on any atom is 0.241 e. The van der Waals surface area contributed by atoms with Crippen LogP contribution in [0.1, 0.15) is 6.92 Å². The van der Waals surface area contributed by atoms with Crippen LogP contribution in [-0.2, 0) is 4.79 Å². The van der Waals surface area contributed by atoms with Crippen molar-refractivity contribution in [2.24, 2.45) is 9.98 Å². The molecule has 0 atom stereocenters. The molecular weight excluding hydrogens is 206 g/mol. The Kier molecular flexibility index (Phi) is 8.05. The molecule has 6 heteroatoms. The van der Waals surface area contributed by atoms with Gasteiger partial charge in [0.2, 0.25) is 5.91 Å². The maximum atomic E-state index is 10.8. The van der Waals surface area contributed by atoms with Gasteiger partial charge in [-0.1, -0.05) is 0 Å². The number of carbonyl (C=O) groups excluding carboxylic acids is 1. The van der Waals surface area contributed by atoms with E-state index in [9.17, 15) is 4.79 Å². The molecule has 0 fully saturated rings. The molecule has 0 aromatic carbocycles. The Balaban J connectivity index is 3.70. The first-order valence-electron chi connectivity index (χ1n) is 5.17. The van der Waals surface area contributed by atoms with Gasteiger partial charge < -0.3 is 15.5 Å². The summed E-state index contributed by atoms with van der Waals surface area (Å²) in [4.78, 5) is 21.0. The van der Waals surface area contributed by atoms with Crippen molar-refractivity contribution in [1.29, 1.82) is 0 Å². The highest BCUT2D eigenvalue weighted by Crippen LogP contribution is 1.77. The number of likely N-dealkylation sites (N-methyl/N-ethyl adjacent to an activating group) is 2. The van der Waals surface area contributed by atoms with Crippen molar-refractivity contribution in [2.75, 3.05) is 40.8 Å². The van der Waals surface area contributed by atoms with E-state index in [1.165, 1.54) is 6.34 Å². The van der Waals surface area contributed by atoms with Gasteiger partial charge in [0.05, 0.1) is 18.7 Å². The Hall–Kier alpha value is -1.43. The van der Waals surface area contributed by atoms with Crippen molar-refractivity contribution < 1.29 is 4.79 Å². The average molecular weight is 227 g/mol. The van der Waals surface area contributed by atoms with Gasteiger partial charge in [-0.3, -0.25) is 14.8 Å². The fourth-order valence-electron chi connectivity index (χ4n) is 0.810. The van der Waals surface area contributed by atoms with Gasteiger partial charge in [-0.25, -0.2) is 0 Å². The minimum Gasteiger partial charge on any atom is -0.358 e. The first-order chi connectivity index (χ1) is 7.56. The first kappa shape index (κ1) is 14.6. The lowest BCUT2D eigenvalue weighted by Gasteiger charge is -2.06. The summed E-state index contributed by atoms with van der Waals surface area (Å²) in [6.45, 7) is 3.65. The van der Waals surface area contributed by atoms with Crippen molar-refractivity contribution in [3.8, 4) is 0 Å². The van der Waals surface area contributed by atoms with Crippen LogP contribution in [0.4, 0.5) is 0 Å². The molecule has 2 N–H and O–H groups in total. The summed E-state index contributed by atoms with van der Waals surface area (Å²) < 4.78 is 0. The van der Waals surface area contributed by atoms with E-state index >= 15 is 0 Å². The van der Waals surface area contributed by atoms with Gasteiger partial charge >= 0.3 is 0 Å². The van der Waals surface area contributed by atoms with Crippen LogP contribution in [0.2, 0.25) is 0 Å². The summed E-state index contributed by atoms with van der Waals surface area (Å²) in [5, 5.41) is 5.38. The van der Waals surface area contributed by atoms with Crippen molar-refractivity contribution in [2.45, 2.75) is 6.92 Å². The molecule has 0 aromatic rings. The quantitative estimate of drug-likeness (QED) is 0.467. The third-order valence-electron chi connectivity index (χ3n) is 1.77. The highest BCUT2D eigenvalue weighted by Gasteiger charge is 1.92. The summed E-state index contributed by atoms with van der Waals surface area (Å²) in [6.07, 6.45) is 1.49. The Morgan fingerprint density at radius 2 is 2.12 bits per heavy atom. The Morgan fingerprint density at radius 1 is 1.44 bits per heavy atom. The minimum absolute atomic E-state index is 0.111. The van der Waals surface area contributed by atoms with Crippen LogP contribution in [0.25, 0.3) is 0 Å². The second-order valence-corrected chi connectivity index (χ2v) is 3.56. The molecule has 0 heterocycles. The second-order valence-electron chi connectivity index (χ2n) is 3.56. The molecule has 16 heavy (non-hydrogen) atoms. The molecule has 0 aromatic heterocycles. The van der Waals surface area contributed by atoms with E-state index in [0.717, 1.165) is 18.9 Å². The number of aliphatic imine (C=N–C) groups is 2. The van der Waals surface area contributed by atoms with Crippen LogP contribution >= 0.6 is 0 Å². The highest BCUT2D eigenvalue weighted by molar-refractivity contribution is 5.90. The predicted molar refractivity (Wildman–Crippen MR) is 67.1 cm³/mol. The highest BCUT2D eigenvalue weighted by atomic mass is 16.1. The number of nitrogens with one attached hydrogen (secondary N) is 2. The van der Waals surface area contributed by atoms with Crippen LogP contribution in [0, 0.1) is 0 Å². The Labute approximate surface area is 96.8 Å². The Morgan fingerprint density at radius 3 is 2.69 bits per heavy atom. The summed E-state index contributed by atoms with van der Waals surface area (Å²) >= 11 is 0. The molecule has 0 aliphatic heterocycles. The fraction of sp³-hybridized carbons (Fsp3) is 0.700. The number of hydrogen-bond donors (Lipinski definition) is 2. The fourth-order valence-corrected chi connectivity index (χ4v) is 0.810. The van der Waals surface area contributed by atoms with Crippen LogP contribution in [0.3, 0.4) is 0 Å². The van der Waals surface area contributed by atoms with E-state index in [1.807, 2.05) is 21.0 Å². The van der Waals surface area contributed by atoms with Gasteiger partial charge in [-0.05, 0) is 21.0 Å². The van der Waals surface area contributed by atoms with Gasteiger partial charge in [-0.2, -0.15) is 0 Å². The molecule has 92 valence electrons. The van der Waals surface area contributed by atoms with E-state index in [-0.39, 0.29) is 12.5 Å². The van der Waals surface area contributed by atoms with Crippen LogP contribution in [0.15, 0.2) is 9.98 Å². The predicted octanol–water partition coefficient (Wildman–Crippen LogP) is -0.670.